The van der Waals surface area contributed by atoms with E-state index in [1.807, 2.05) is 0 Å². The molecule has 2 nitrogen and oxygen atoms in total. The van der Waals surface area contributed by atoms with E-state index in [-0.39, 0.29) is 0 Å². The van der Waals surface area contributed by atoms with E-state index in [0.717, 1.165) is 17.2 Å². The molecule has 19 heavy (non-hydrogen) atoms. The molecule has 3 fully saturated rings. The molecule has 0 aliphatic heterocycles. The zero-order chi connectivity index (χ0) is 12.9. The second-order valence-electron chi connectivity index (χ2n) is 7.02. The van der Waals surface area contributed by atoms with Crippen LogP contribution in [0.5, 0.6) is 5.75 Å². The molecule has 0 radical (unpaired) electrons. The van der Waals surface area contributed by atoms with Crippen molar-refractivity contribution in [2.75, 3.05) is 13.7 Å². The summed E-state index contributed by atoms with van der Waals surface area (Å²) in [7, 11) is 1.74. The number of nitrogens with one attached hydrogen (secondary N) is 1. The number of methoxy groups -OCH3 is 1. The monoisotopic (exact) mass is 257 g/mol. The molecular formula is C17H23NO. The standard InChI is InChI=1S/C17H23NO/c1-19-15-6-2-13(3-7-15)17(12-18-14-4-5-14)10-16(11-17)8-9-16/h2-3,6-7,14,18H,4-5,8-12H2,1H3. The first-order valence-corrected chi connectivity index (χ1v) is 7.62. The van der Waals surface area contributed by atoms with E-state index < -0.39 is 0 Å². The summed E-state index contributed by atoms with van der Waals surface area (Å²) < 4.78 is 5.28. The summed E-state index contributed by atoms with van der Waals surface area (Å²) in [5.74, 6) is 0.967. The zero-order valence-corrected chi connectivity index (χ0v) is 11.7. The Balaban J connectivity index is 1.54. The van der Waals surface area contributed by atoms with Gasteiger partial charge in [0.15, 0.2) is 0 Å². The van der Waals surface area contributed by atoms with Crippen LogP contribution in [-0.2, 0) is 5.41 Å². The lowest BCUT2D eigenvalue weighted by atomic mass is 9.56. The van der Waals surface area contributed by atoms with Crippen molar-refractivity contribution >= 4 is 0 Å². The second kappa shape index (κ2) is 3.99. The Bertz CT molecular complexity index is 463. The summed E-state index contributed by atoms with van der Waals surface area (Å²) >= 11 is 0. The van der Waals surface area contributed by atoms with Gasteiger partial charge in [-0.05, 0) is 61.6 Å². The van der Waals surface area contributed by atoms with Gasteiger partial charge in [0.25, 0.3) is 0 Å². The van der Waals surface area contributed by atoms with Crippen LogP contribution < -0.4 is 10.1 Å². The maximum absolute atomic E-state index is 5.28. The summed E-state index contributed by atoms with van der Waals surface area (Å²) in [5.41, 5.74) is 2.66. The van der Waals surface area contributed by atoms with Crippen LogP contribution in [0.1, 0.15) is 44.1 Å². The van der Waals surface area contributed by atoms with Crippen molar-refractivity contribution in [3.8, 4) is 5.75 Å². The van der Waals surface area contributed by atoms with E-state index in [4.69, 9.17) is 4.74 Å². The van der Waals surface area contributed by atoms with Crippen LogP contribution in [0.2, 0.25) is 0 Å². The van der Waals surface area contributed by atoms with Crippen molar-refractivity contribution < 1.29 is 4.74 Å². The van der Waals surface area contributed by atoms with Crippen molar-refractivity contribution in [3.63, 3.8) is 0 Å². The summed E-state index contributed by atoms with van der Waals surface area (Å²) in [6, 6.07) is 9.61. The molecule has 3 aliphatic carbocycles. The highest BCUT2D eigenvalue weighted by Crippen LogP contribution is 2.68. The highest BCUT2D eigenvalue weighted by molar-refractivity contribution is 5.37. The average molecular weight is 257 g/mol. The van der Waals surface area contributed by atoms with E-state index in [2.05, 4.69) is 29.6 Å². The molecule has 2 heteroatoms. The minimum atomic E-state index is 0.408. The third-order valence-electron chi connectivity index (χ3n) is 5.39. The largest absolute Gasteiger partial charge is 0.497 e. The highest BCUT2D eigenvalue weighted by Gasteiger charge is 2.61. The van der Waals surface area contributed by atoms with Gasteiger partial charge in [-0.2, -0.15) is 0 Å². The Morgan fingerprint density at radius 3 is 2.37 bits per heavy atom. The first-order chi connectivity index (χ1) is 9.24. The van der Waals surface area contributed by atoms with Crippen LogP contribution in [0, 0.1) is 5.41 Å². The molecule has 102 valence electrons. The van der Waals surface area contributed by atoms with E-state index in [1.165, 1.54) is 50.6 Å². The fourth-order valence-electron chi connectivity index (χ4n) is 3.92. The molecule has 1 spiro atoms. The van der Waals surface area contributed by atoms with Gasteiger partial charge in [-0.15, -0.1) is 0 Å². The van der Waals surface area contributed by atoms with Crippen molar-refractivity contribution in [2.45, 2.75) is 50.0 Å². The smallest absolute Gasteiger partial charge is 0.118 e. The van der Waals surface area contributed by atoms with Crippen LogP contribution in [0.4, 0.5) is 0 Å². The normalized spacial score (nSPS) is 25.9. The Morgan fingerprint density at radius 2 is 1.84 bits per heavy atom. The van der Waals surface area contributed by atoms with Crippen molar-refractivity contribution in [1.29, 1.82) is 0 Å². The second-order valence-corrected chi connectivity index (χ2v) is 7.02. The van der Waals surface area contributed by atoms with Crippen LogP contribution >= 0.6 is 0 Å². The number of rotatable bonds is 5. The molecule has 3 saturated carbocycles. The lowest BCUT2D eigenvalue weighted by Gasteiger charge is -2.49. The first-order valence-electron chi connectivity index (χ1n) is 7.62. The minimum absolute atomic E-state index is 0.408. The SMILES string of the molecule is COc1ccc(C2(CNC3CC3)CC3(CC3)C2)cc1. The number of hydrogen-bond donors (Lipinski definition) is 1. The van der Waals surface area contributed by atoms with Crippen LogP contribution in [0.3, 0.4) is 0 Å². The Morgan fingerprint density at radius 1 is 1.16 bits per heavy atom. The van der Waals surface area contributed by atoms with Gasteiger partial charge in [-0.3, -0.25) is 0 Å². The van der Waals surface area contributed by atoms with Crippen LogP contribution in [-0.4, -0.2) is 19.7 Å². The lowest BCUT2D eigenvalue weighted by molar-refractivity contribution is 0.115. The molecule has 3 aliphatic rings. The third-order valence-corrected chi connectivity index (χ3v) is 5.39. The molecule has 0 bridgehead atoms. The van der Waals surface area contributed by atoms with Gasteiger partial charge >= 0.3 is 0 Å². The highest BCUT2D eigenvalue weighted by atomic mass is 16.5. The van der Waals surface area contributed by atoms with Gasteiger partial charge in [0.05, 0.1) is 7.11 Å². The maximum Gasteiger partial charge on any atom is 0.118 e. The van der Waals surface area contributed by atoms with Gasteiger partial charge < -0.3 is 10.1 Å². The summed E-state index contributed by atoms with van der Waals surface area (Å²) in [5, 5.41) is 3.76. The molecule has 1 aromatic rings. The van der Waals surface area contributed by atoms with E-state index >= 15 is 0 Å². The molecule has 4 rings (SSSR count). The molecule has 1 aromatic carbocycles. The molecule has 0 heterocycles. The fourth-order valence-corrected chi connectivity index (χ4v) is 3.92. The first kappa shape index (κ1) is 11.8. The van der Waals surface area contributed by atoms with Crippen molar-refractivity contribution in [2.24, 2.45) is 5.41 Å². The Labute approximate surface area is 115 Å². The molecule has 0 aromatic heterocycles. The predicted molar refractivity (Wildman–Crippen MR) is 76.6 cm³/mol. The minimum Gasteiger partial charge on any atom is -0.497 e. The van der Waals surface area contributed by atoms with E-state index in [9.17, 15) is 0 Å². The van der Waals surface area contributed by atoms with Crippen molar-refractivity contribution in [1.82, 2.24) is 5.32 Å². The number of hydrogen-bond acceptors (Lipinski definition) is 2. The van der Waals surface area contributed by atoms with E-state index in [1.54, 1.807) is 7.11 Å². The topological polar surface area (TPSA) is 21.3 Å². The average Bonchev–Trinajstić information content (AvgIpc) is 3.28. The van der Waals surface area contributed by atoms with Gasteiger partial charge in [-0.1, -0.05) is 12.1 Å². The number of benzene rings is 1. The van der Waals surface area contributed by atoms with E-state index in [0.29, 0.717) is 5.41 Å². The molecule has 0 amide bonds. The Hall–Kier alpha value is -1.02. The summed E-state index contributed by atoms with van der Waals surface area (Å²) in [6.45, 7) is 1.17. The van der Waals surface area contributed by atoms with Gasteiger partial charge in [0.2, 0.25) is 0 Å². The maximum atomic E-state index is 5.28. The molecule has 0 atom stereocenters. The van der Waals surface area contributed by atoms with Gasteiger partial charge in [0.1, 0.15) is 5.75 Å². The van der Waals surface area contributed by atoms with Gasteiger partial charge in [-0.25, -0.2) is 0 Å². The zero-order valence-electron chi connectivity index (χ0n) is 11.7. The summed E-state index contributed by atoms with van der Waals surface area (Å²) in [6.07, 6.45) is 8.48. The van der Waals surface area contributed by atoms with Crippen LogP contribution in [0.25, 0.3) is 0 Å². The van der Waals surface area contributed by atoms with Gasteiger partial charge in [0, 0.05) is 18.0 Å². The predicted octanol–water partition coefficient (Wildman–Crippen LogP) is 3.26. The molecular weight excluding hydrogens is 234 g/mol. The molecule has 0 unspecified atom stereocenters. The van der Waals surface area contributed by atoms with Crippen LogP contribution in [0.15, 0.2) is 24.3 Å². The third kappa shape index (κ3) is 2.06. The number of ether oxygens (including phenoxy) is 1. The lowest BCUT2D eigenvalue weighted by Crippen LogP contribution is -2.50. The Kier molecular flexibility index (Phi) is 2.47. The summed E-state index contributed by atoms with van der Waals surface area (Å²) in [4.78, 5) is 0. The quantitative estimate of drug-likeness (QED) is 0.874. The van der Waals surface area contributed by atoms with Crippen molar-refractivity contribution in [3.05, 3.63) is 29.8 Å². The molecule has 0 saturated heterocycles. The molecule has 1 N–H and O–H groups in total. The fraction of sp³-hybridized carbons (Fsp3) is 0.647.